The second-order valence-corrected chi connectivity index (χ2v) is 5.80. The Hall–Kier alpha value is -2.53. The third kappa shape index (κ3) is 3.94. The lowest BCUT2D eigenvalue weighted by atomic mass is 9.97. The van der Waals surface area contributed by atoms with Gasteiger partial charge in [0.2, 0.25) is 0 Å². The van der Waals surface area contributed by atoms with Crippen molar-refractivity contribution in [3.8, 4) is 11.5 Å². The van der Waals surface area contributed by atoms with E-state index in [1.165, 1.54) is 6.07 Å². The van der Waals surface area contributed by atoms with Crippen molar-refractivity contribution in [1.29, 1.82) is 0 Å². The second-order valence-electron chi connectivity index (χ2n) is 5.80. The van der Waals surface area contributed by atoms with Crippen molar-refractivity contribution >= 4 is 17.3 Å². The van der Waals surface area contributed by atoms with Crippen molar-refractivity contribution < 1.29 is 19.0 Å². The fourth-order valence-corrected chi connectivity index (χ4v) is 2.75. The number of anilines is 1. The normalized spacial score (nSPS) is 12.8. The van der Waals surface area contributed by atoms with Crippen molar-refractivity contribution in [2.45, 2.75) is 13.3 Å². The van der Waals surface area contributed by atoms with Crippen molar-refractivity contribution in [2.24, 2.45) is 0 Å². The van der Waals surface area contributed by atoms with Crippen LogP contribution < -0.4 is 14.8 Å². The molecule has 0 atom stereocenters. The quantitative estimate of drug-likeness (QED) is 0.799. The van der Waals surface area contributed by atoms with Crippen LogP contribution in [0.2, 0.25) is 0 Å². The Balaban J connectivity index is 1.86. The van der Waals surface area contributed by atoms with Gasteiger partial charge in [0.15, 0.2) is 0 Å². The summed E-state index contributed by atoms with van der Waals surface area (Å²) >= 11 is 0. The van der Waals surface area contributed by atoms with Crippen LogP contribution >= 0.6 is 0 Å². The van der Waals surface area contributed by atoms with Crippen LogP contribution in [0.3, 0.4) is 0 Å². The Morgan fingerprint density at radius 1 is 1.08 bits per heavy atom. The number of hydrogen-bond donors (Lipinski definition) is 2. The molecular weight excluding hydrogens is 321 g/mol. The molecule has 0 aliphatic carbocycles. The molecule has 0 saturated carbocycles. The number of ether oxygens (including phenoxy) is 2. The van der Waals surface area contributed by atoms with Gasteiger partial charge in [-0.2, -0.15) is 0 Å². The molecule has 0 bridgehead atoms. The third-order valence-electron chi connectivity index (χ3n) is 3.98. The van der Waals surface area contributed by atoms with Crippen LogP contribution in [0.4, 0.5) is 10.1 Å². The fraction of sp³-hybridized carbons (Fsp3) is 0.300. The minimum absolute atomic E-state index is 0.0185. The first kappa shape index (κ1) is 17.3. The highest BCUT2D eigenvalue weighted by Crippen LogP contribution is 2.37. The van der Waals surface area contributed by atoms with E-state index in [0.717, 1.165) is 17.6 Å². The van der Waals surface area contributed by atoms with E-state index in [-0.39, 0.29) is 19.0 Å². The molecular formula is C20H22FNO3. The van der Waals surface area contributed by atoms with Gasteiger partial charge in [-0.3, -0.25) is 0 Å². The standard InChI is InChI=1S/C20H22FNO3/c1-2-10-25-19-8-7-18(21)17-12-15(13-22-20(17)19)14-3-5-16(6-4-14)24-11-9-23/h3-8,12,22-23H,2,9-11,13H2,1H3. The highest BCUT2D eigenvalue weighted by Gasteiger charge is 2.19. The summed E-state index contributed by atoms with van der Waals surface area (Å²) in [4.78, 5) is 0. The van der Waals surface area contributed by atoms with Gasteiger partial charge in [-0.25, -0.2) is 4.39 Å². The molecule has 2 aromatic carbocycles. The van der Waals surface area contributed by atoms with Crippen LogP contribution in [0.5, 0.6) is 11.5 Å². The lowest BCUT2D eigenvalue weighted by molar-refractivity contribution is 0.201. The summed E-state index contributed by atoms with van der Waals surface area (Å²) in [5, 5.41) is 12.1. The maximum Gasteiger partial charge on any atom is 0.143 e. The smallest absolute Gasteiger partial charge is 0.143 e. The Bertz CT molecular complexity index is 756. The molecule has 1 aliphatic rings. The predicted octanol–water partition coefficient (Wildman–Crippen LogP) is 3.95. The molecule has 5 heteroatoms. The van der Waals surface area contributed by atoms with Crippen molar-refractivity contribution in [2.75, 3.05) is 31.7 Å². The average molecular weight is 343 g/mol. The molecule has 0 aromatic heterocycles. The monoisotopic (exact) mass is 343 g/mol. The molecule has 4 nitrogen and oxygen atoms in total. The molecule has 0 spiro atoms. The highest BCUT2D eigenvalue weighted by molar-refractivity contribution is 5.92. The summed E-state index contributed by atoms with van der Waals surface area (Å²) < 4.78 is 25.4. The van der Waals surface area contributed by atoms with E-state index >= 15 is 0 Å². The molecule has 0 saturated heterocycles. The number of rotatable bonds is 7. The van der Waals surface area contributed by atoms with Crippen molar-refractivity contribution in [1.82, 2.24) is 0 Å². The van der Waals surface area contributed by atoms with Gasteiger partial charge in [0.1, 0.15) is 23.9 Å². The topological polar surface area (TPSA) is 50.7 Å². The number of aliphatic hydroxyl groups excluding tert-OH is 1. The van der Waals surface area contributed by atoms with E-state index < -0.39 is 0 Å². The lowest BCUT2D eigenvalue weighted by Crippen LogP contribution is -2.13. The molecule has 1 aliphatic heterocycles. The number of halogens is 1. The first-order valence-electron chi connectivity index (χ1n) is 8.46. The second kappa shape index (κ2) is 8.03. The Labute approximate surface area is 146 Å². The molecule has 25 heavy (non-hydrogen) atoms. The summed E-state index contributed by atoms with van der Waals surface area (Å²) in [7, 11) is 0. The summed E-state index contributed by atoms with van der Waals surface area (Å²) in [5.74, 6) is 1.11. The van der Waals surface area contributed by atoms with E-state index in [1.54, 1.807) is 6.07 Å². The van der Waals surface area contributed by atoms with Gasteiger partial charge in [0.05, 0.1) is 18.9 Å². The van der Waals surface area contributed by atoms with Gasteiger partial charge in [0, 0.05) is 12.1 Å². The van der Waals surface area contributed by atoms with E-state index in [0.29, 0.717) is 35.9 Å². The molecule has 3 rings (SSSR count). The Kier molecular flexibility index (Phi) is 5.56. The van der Waals surface area contributed by atoms with Gasteiger partial charge >= 0.3 is 0 Å². The number of benzene rings is 2. The zero-order valence-electron chi connectivity index (χ0n) is 14.2. The molecule has 132 valence electrons. The van der Waals surface area contributed by atoms with Gasteiger partial charge in [-0.05, 0) is 47.9 Å². The number of nitrogens with one attached hydrogen (secondary N) is 1. The SMILES string of the molecule is CCCOc1ccc(F)c2c1NCC(c1ccc(OCCO)cc1)=C2. The summed E-state index contributed by atoms with van der Waals surface area (Å²) in [6.45, 7) is 3.48. The van der Waals surface area contributed by atoms with Crippen LogP contribution in [0.1, 0.15) is 24.5 Å². The summed E-state index contributed by atoms with van der Waals surface area (Å²) in [5.41, 5.74) is 3.22. The molecule has 2 N–H and O–H groups in total. The maximum absolute atomic E-state index is 14.3. The lowest BCUT2D eigenvalue weighted by Gasteiger charge is -2.22. The minimum Gasteiger partial charge on any atom is -0.491 e. The molecule has 1 heterocycles. The Morgan fingerprint density at radius 2 is 1.88 bits per heavy atom. The average Bonchev–Trinajstić information content (AvgIpc) is 2.66. The zero-order valence-corrected chi connectivity index (χ0v) is 14.2. The van der Waals surface area contributed by atoms with E-state index in [1.807, 2.05) is 37.3 Å². The highest BCUT2D eigenvalue weighted by atomic mass is 19.1. The minimum atomic E-state index is -0.272. The van der Waals surface area contributed by atoms with E-state index in [2.05, 4.69) is 5.32 Å². The summed E-state index contributed by atoms with van der Waals surface area (Å²) in [6, 6.07) is 10.7. The zero-order chi connectivity index (χ0) is 17.6. The molecule has 2 aromatic rings. The van der Waals surface area contributed by atoms with Crippen LogP contribution in [0, 0.1) is 5.82 Å². The first-order valence-corrected chi connectivity index (χ1v) is 8.46. The van der Waals surface area contributed by atoms with Gasteiger partial charge in [-0.1, -0.05) is 19.1 Å². The predicted molar refractivity (Wildman–Crippen MR) is 97.6 cm³/mol. The fourth-order valence-electron chi connectivity index (χ4n) is 2.75. The molecule has 0 amide bonds. The first-order chi connectivity index (χ1) is 12.2. The van der Waals surface area contributed by atoms with Crippen molar-refractivity contribution in [3.05, 3.63) is 53.3 Å². The van der Waals surface area contributed by atoms with E-state index in [4.69, 9.17) is 14.6 Å². The third-order valence-corrected chi connectivity index (χ3v) is 3.98. The Morgan fingerprint density at radius 3 is 2.60 bits per heavy atom. The number of aliphatic hydroxyl groups is 1. The largest absolute Gasteiger partial charge is 0.491 e. The van der Waals surface area contributed by atoms with Gasteiger partial charge < -0.3 is 19.9 Å². The van der Waals surface area contributed by atoms with Crippen LogP contribution in [0.15, 0.2) is 36.4 Å². The maximum atomic E-state index is 14.3. The number of hydrogen-bond acceptors (Lipinski definition) is 4. The molecule has 0 unspecified atom stereocenters. The molecule has 0 fully saturated rings. The number of fused-ring (bicyclic) bond motifs is 1. The van der Waals surface area contributed by atoms with Crippen LogP contribution in [0.25, 0.3) is 11.6 Å². The van der Waals surface area contributed by atoms with Gasteiger partial charge in [0.25, 0.3) is 0 Å². The van der Waals surface area contributed by atoms with Crippen molar-refractivity contribution in [3.63, 3.8) is 0 Å². The van der Waals surface area contributed by atoms with E-state index in [9.17, 15) is 4.39 Å². The molecule has 0 radical (unpaired) electrons. The summed E-state index contributed by atoms with van der Waals surface area (Å²) in [6.07, 6.45) is 2.77. The van der Waals surface area contributed by atoms with Gasteiger partial charge in [-0.15, -0.1) is 0 Å². The van der Waals surface area contributed by atoms with Crippen LogP contribution in [-0.2, 0) is 0 Å². The van der Waals surface area contributed by atoms with Crippen LogP contribution in [-0.4, -0.2) is 31.5 Å².